The zero-order valence-electron chi connectivity index (χ0n) is 9.24. The molecule has 1 unspecified atom stereocenters. The fourth-order valence-electron chi connectivity index (χ4n) is 1.80. The van der Waals surface area contributed by atoms with Crippen molar-refractivity contribution in [2.45, 2.75) is 5.92 Å². The lowest BCUT2D eigenvalue weighted by Crippen LogP contribution is -2.07. The quantitative estimate of drug-likeness (QED) is 0.769. The first kappa shape index (κ1) is 12.7. The summed E-state index contributed by atoms with van der Waals surface area (Å²) >= 11 is 5.64. The summed E-state index contributed by atoms with van der Waals surface area (Å²) in [5, 5.41) is 0.231. The van der Waals surface area contributed by atoms with Crippen LogP contribution in [0.3, 0.4) is 0 Å². The molecular formula is C14H9ClF2O. The summed E-state index contributed by atoms with van der Waals surface area (Å²) in [7, 11) is 0. The van der Waals surface area contributed by atoms with E-state index in [1.54, 1.807) is 6.07 Å². The number of hydrogen-bond acceptors (Lipinski definition) is 1. The first-order chi connectivity index (χ1) is 8.63. The standard InChI is InChI=1S/C14H9ClF2O/c15-9-5-6-11(14(17)7-9)12(8-18)10-3-1-2-4-13(10)16/h1-8,12H. The Bertz CT molecular complexity index is 584. The molecule has 0 saturated heterocycles. The van der Waals surface area contributed by atoms with Crippen molar-refractivity contribution in [3.05, 3.63) is 70.2 Å². The molecule has 0 fully saturated rings. The van der Waals surface area contributed by atoms with Crippen molar-refractivity contribution in [1.29, 1.82) is 0 Å². The Balaban J connectivity index is 2.52. The number of carbonyl (C=O) groups is 1. The average Bonchev–Trinajstić information content (AvgIpc) is 2.34. The molecule has 0 aliphatic rings. The topological polar surface area (TPSA) is 17.1 Å². The van der Waals surface area contributed by atoms with E-state index in [9.17, 15) is 13.6 Å². The molecule has 92 valence electrons. The summed E-state index contributed by atoms with van der Waals surface area (Å²) in [5.41, 5.74) is 0.258. The first-order valence-corrected chi connectivity index (χ1v) is 5.66. The number of halogens is 3. The van der Waals surface area contributed by atoms with Gasteiger partial charge in [-0.25, -0.2) is 8.78 Å². The SMILES string of the molecule is O=CC(c1ccccc1F)c1ccc(Cl)cc1F. The van der Waals surface area contributed by atoms with E-state index in [0.717, 1.165) is 6.07 Å². The Morgan fingerprint density at radius 2 is 1.67 bits per heavy atom. The van der Waals surface area contributed by atoms with E-state index in [2.05, 4.69) is 0 Å². The minimum absolute atomic E-state index is 0.111. The molecule has 1 atom stereocenters. The van der Waals surface area contributed by atoms with Crippen LogP contribution in [0.1, 0.15) is 17.0 Å². The number of hydrogen-bond donors (Lipinski definition) is 0. The summed E-state index contributed by atoms with van der Waals surface area (Å²) in [6.45, 7) is 0. The van der Waals surface area contributed by atoms with Gasteiger partial charge in [-0.15, -0.1) is 0 Å². The van der Waals surface area contributed by atoms with Gasteiger partial charge in [-0.2, -0.15) is 0 Å². The predicted molar refractivity (Wildman–Crippen MR) is 65.7 cm³/mol. The van der Waals surface area contributed by atoms with Crippen LogP contribution in [0.2, 0.25) is 5.02 Å². The Kier molecular flexibility index (Phi) is 3.72. The highest BCUT2D eigenvalue weighted by Crippen LogP contribution is 2.28. The van der Waals surface area contributed by atoms with Crippen molar-refractivity contribution >= 4 is 17.9 Å². The summed E-state index contributed by atoms with van der Waals surface area (Å²) in [5.74, 6) is -2.13. The fraction of sp³-hybridized carbons (Fsp3) is 0.0714. The number of benzene rings is 2. The Hall–Kier alpha value is -1.74. The molecule has 0 radical (unpaired) electrons. The molecule has 0 amide bonds. The number of aldehydes is 1. The molecule has 4 heteroatoms. The molecule has 0 bridgehead atoms. The van der Waals surface area contributed by atoms with Crippen LogP contribution in [0.4, 0.5) is 8.78 Å². The summed E-state index contributed by atoms with van der Waals surface area (Å²) < 4.78 is 27.4. The van der Waals surface area contributed by atoms with Gasteiger partial charge < -0.3 is 4.79 Å². The van der Waals surface area contributed by atoms with Crippen molar-refractivity contribution in [1.82, 2.24) is 0 Å². The Morgan fingerprint density at radius 1 is 1.00 bits per heavy atom. The van der Waals surface area contributed by atoms with Gasteiger partial charge in [0.05, 0.1) is 5.92 Å². The molecule has 0 heterocycles. The van der Waals surface area contributed by atoms with E-state index in [1.807, 2.05) is 0 Å². The third-order valence-corrected chi connectivity index (χ3v) is 2.91. The van der Waals surface area contributed by atoms with Crippen molar-refractivity contribution in [2.75, 3.05) is 0 Å². The molecule has 2 rings (SSSR count). The van der Waals surface area contributed by atoms with Crippen LogP contribution >= 0.6 is 11.6 Å². The second kappa shape index (κ2) is 5.27. The minimum atomic E-state index is -0.969. The van der Waals surface area contributed by atoms with E-state index in [4.69, 9.17) is 11.6 Å². The maximum Gasteiger partial charge on any atom is 0.132 e. The summed E-state index contributed by atoms with van der Waals surface area (Å²) in [6.07, 6.45) is 0.519. The van der Waals surface area contributed by atoms with Crippen LogP contribution in [0, 0.1) is 11.6 Å². The smallest absolute Gasteiger partial charge is 0.132 e. The minimum Gasteiger partial charge on any atom is -0.302 e. The molecule has 2 aromatic carbocycles. The lowest BCUT2D eigenvalue weighted by atomic mass is 9.92. The lowest BCUT2D eigenvalue weighted by Gasteiger charge is -2.13. The van der Waals surface area contributed by atoms with E-state index < -0.39 is 17.6 Å². The van der Waals surface area contributed by atoms with Crippen molar-refractivity contribution in [3.63, 3.8) is 0 Å². The average molecular weight is 267 g/mol. The van der Waals surface area contributed by atoms with E-state index >= 15 is 0 Å². The van der Waals surface area contributed by atoms with Gasteiger partial charge in [-0.3, -0.25) is 0 Å². The van der Waals surface area contributed by atoms with Crippen LogP contribution in [-0.2, 0) is 4.79 Å². The molecule has 18 heavy (non-hydrogen) atoms. The Labute approximate surface area is 108 Å². The van der Waals surface area contributed by atoms with Crippen LogP contribution in [0.5, 0.6) is 0 Å². The van der Waals surface area contributed by atoms with Crippen molar-refractivity contribution < 1.29 is 13.6 Å². The van der Waals surface area contributed by atoms with E-state index in [-0.39, 0.29) is 16.1 Å². The largest absolute Gasteiger partial charge is 0.302 e. The predicted octanol–water partition coefficient (Wildman–Crippen LogP) is 3.95. The fourth-order valence-corrected chi connectivity index (χ4v) is 1.95. The monoisotopic (exact) mass is 266 g/mol. The second-order valence-electron chi connectivity index (χ2n) is 3.80. The summed E-state index contributed by atoms with van der Waals surface area (Å²) in [4.78, 5) is 11.1. The second-order valence-corrected chi connectivity index (χ2v) is 4.24. The van der Waals surface area contributed by atoms with Gasteiger partial charge in [-0.1, -0.05) is 35.9 Å². The first-order valence-electron chi connectivity index (χ1n) is 5.28. The van der Waals surface area contributed by atoms with Crippen LogP contribution in [0.25, 0.3) is 0 Å². The maximum absolute atomic E-state index is 13.7. The van der Waals surface area contributed by atoms with Gasteiger partial charge in [0, 0.05) is 16.1 Å². The highest BCUT2D eigenvalue weighted by atomic mass is 35.5. The molecule has 0 N–H and O–H groups in total. The highest BCUT2D eigenvalue weighted by Gasteiger charge is 2.20. The third kappa shape index (κ3) is 2.41. The zero-order valence-corrected chi connectivity index (χ0v) is 9.99. The van der Waals surface area contributed by atoms with Crippen LogP contribution in [-0.4, -0.2) is 6.29 Å². The van der Waals surface area contributed by atoms with Gasteiger partial charge in [0.2, 0.25) is 0 Å². The highest BCUT2D eigenvalue weighted by molar-refractivity contribution is 6.30. The molecule has 0 aromatic heterocycles. The van der Waals surface area contributed by atoms with Crippen molar-refractivity contribution in [2.24, 2.45) is 0 Å². The van der Waals surface area contributed by atoms with Crippen LogP contribution in [0.15, 0.2) is 42.5 Å². The van der Waals surface area contributed by atoms with E-state index in [0.29, 0.717) is 6.29 Å². The molecule has 1 nitrogen and oxygen atoms in total. The van der Waals surface area contributed by atoms with Crippen LogP contribution < -0.4 is 0 Å². The summed E-state index contributed by atoms with van der Waals surface area (Å²) in [6, 6.07) is 9.78. The normalized spacial score (nSPS) is 12.2. The molecule has 0 aliphatic carbocycles. The Morgan fingerprint density at radius 3 is 2.28 bits per heavy atom. The van der Waals surface area contributed by atoms with Gasteiger partial charge in [0.25, 0.3) is 0 Å². The lowest BCUT2D eigenvalue weighted by molar-refractivity contribution is -0.108. The van der Waals surface area contributed by atoms with Gasteiger partial charge in [-0.05, 0) is 18.2 Å². The molecule has 0 aliphatic heterocycles. The van der Waals surface area contributed by atoms with Gasteiger partial charge in [0.1, 0.15) is 17.9 Å². The molecule has 0 saturated carbocycles. The molecule has 0 spiro atoms. The molecule has 2 aromatic rings. The zero-order chi connectivity index (χ0) is 13.1. The number of rotatable bonds is 3. The van der Waals surface area contributed by atoms with Gasteiger partial charge in [0.15, 0.2) is 0 Å². The third-order valence-electron chi connectivity index (χ3n) is 2.67. The van der Waals surface area contributed by atoms with Crippen molar-refractivity contribution in [3.8, 4) is 0 Å². The van der Waals surface area contributed by atoms with Gasteiger partial charge >= 0.3 is 0 Å². The molecular weight excluding hydrogens is 258 g/mol. The maximum atomic E-state index is 13.7. The van der Waals surface area contributed by atoms with E-state index in [1.165, 1.54) is 30.3 Å². The number of carbonyl (C=O) groups excluding carboxylic acids is 1.